The Kier molecular flexibility index (Phi) is 5.20. The Morgan fingerprint density at radius 3 is 2.54 bits per heavy atom. The molecule has 6 heteroatoms. The number of aryl methyl sites for hydroxylation is 2. The minimum absolute atomic E-state index is 0.569. The van der Waals surface area contributed by atoms with Gasteiger partial charge in [0.05, 0.1) is 5.60 Å². The molecule has 2 aromatic carbocycles. The van der Waals surface area contributed by atoms with Crippen molar-refractivity contribution in [2.75, 3.05) is 19.6 Å². The van der Waals surface area contributed by atoms with Gasteiger partial charge >= 0.3 is 0 Å². The first kappa shape index (κ1) is 22.3. The predicted molar refractivity (Wildman–Crippen MR) is 142 cm³/mol. The number of fused-ring (bicyclic) bond motifs is 4. The van der Waals surface area contributed by atoms with Crippen LogP contribution in [0.25, 0.3) is 38.6 Å². The van der Waals surface area contributed by atoms with Crippen molar-refractivity contribution in [3.8, 4) is 11.1 Å². The number of likely N-dealkylation sites (tertiary alicyclic amines) is 1. The van der Waals surface area contributed by atoms with Gasteiger partial charge in [0, 0.05) is 40.1 Å². The number of rotatable bonds is 4. The third kappa shape index (κ3) is 4.11. The number of hydrogen-bond donors (Lipinski definition) is 2. The van der Waals surface area contributed by atoms with E-state index in [0.29, 0.717) is 5.92 Å². The van der Waals surface area contributed by atoms with E-state index < -0.39 is 5.60 Å². The highest BCUT2D eigenvalue weighted by atomic mass is 16.3. The zero-order valence-electron chi connectivity index (χ0n) is 21.0. The zero-order valence-corrected chi connectivity index (χ0v) is 21.0. The molecule has 0 atom stereocenters. The van der Waals surface area contributed by atoms with Crippen LogP contribution in [0.15, 0.2) is 48.9 Å². The summed E-state index contributed by atoms with van der Waals surface area (Å²) >= 11 is 0. The lowest BCUT2D eigenvalue weighted by molar-refractivity contribution is 0.0282. The second-order valence-corrected chi connectivity index (χ2v) is 10.9. The number of aromatic amines is 1. The molecule has 1 aliphatic rings. The molecule has 180 valence electrons. The normalized spacial score (nSPS) is 16.1. The number of piperidine rings is 1. The van der Waals surface area contributed by atoms with Gasteiger partial charge in [-0.2, -0.15) is 5.10 Å². The summed E-state index contributed by atoms with van der Waals surface area (Å²) in [5.41, 5.74) is 8.77. The fourth-order valence-corrected chi connectivity index (χ4v) is 5.91. The molecule has 1 aliphatic heterocycles. The smallest absolute Gasteiger partial charge is 0.158 e. The fourth-order valence-electron chi connectivity index (χ4n) is 5.91. The maximum atomic E-state index is 10.2. The van der Waals surface area contributed by atoms with E-state index in [0.717, 1.165) is 49.2 Å². The summed E-state index contributed by atoms with van der Waals surface area (Å²) in [5.74, 6) is 0.569. The Labute approximate surface area is 205 Å². The number of hydrogen-bond acceptors (Lipinski definition) is 4. The van der Waals surface area contributed by atoms with Crippen molar-refractivity contribution >= 4 is 27.5 Å². The van der Waals surface area contributed by atoms with E-state index in [1.165, 1.54) is 38.5 Å². The first-order valence-corrected chi connectivity index (χ1v) is 12.6. The Bertz CT molecular complexity index is 1550. The van der Waals surface area contributed by atoms with Crippen LogP contribution in [0.4, 0.5) is 0 Å². The number of aromatic nitrogens is 4. The summed E-state index contributed by atoms with van der Waals surface area (Å²) in [5, 5.41) is 17.1. The first-order valence-electron chi connectivity index (χ1n) is 12.6. The molecule has 0 spiro atoms. The molecular formula is C29H33N5O. The van der Waals surface area contributed by atoms with Crippen LogP contribution in [0.1, 0.15) is 49.3 Å². The number of β-amino-alcohol motifs (C(OH)–C–C–N with tert-alkyl or cyclic N) is 1. The number of pyridine rings is 1. The molecule has 0 saturated carbocycles. The van der Waals surface area contributed by atoms with E-state index in [-0.39, 0.29) is 0 Å². The van der Waals surface area contributed by atoms with E-state index in [1.54, 1.807) is 6.33 Å². The fraction of sp³-hybridized carbons (Fsp3) is 0.379. The van der Waals surface area contributed by atoms with E-state index in [9.17, 15) is 5.11 Å². The molecular weight excluding hydrogens is 434 g/mol. The van der Waals surface area contributed by atoms with Crippen LogP contribution in [0.5, 0.6) is 0 Å². The third-order valence-corrected chi connectivity index (χ3v) is 7.48. The molecule has 35 heavy (non-hydrogen) atoms. The van der Waals surface area contributed by atoms with Crippen LogP contribution >= 0.6 is 0 Å². The molecule has 0 amide bonds. The number of nitrogens with one attached hydrogen (secondary N) is 1. The van der Waals surface area contributed by atoms with E-state index in [1.807, 2.05) is 18.4 Å². The van der Waals surface area contributed by atoms with Crippen LogP contribution in [0, 0.1) is 13.8 Å². The van der Waals surface area contributed by atoms with Crippen LogP contribution in [-0.2, 0) is 0 Å². The van der Waals surface area contributed by atoms with E-state index in [4.69, 9.17) is 0 Å². The van der Waals surface area contributed by atoms with Crippen molar-refractivity contribution in [2.24, 2.45) is 0 Å². The number of nitrogens with zero attached hydrogens (tertiary/aromatic N) is 4. The largest absolute Gasteiger partial charge is 0.389 e. The molecule has 5 aromatic rings. The molecule has 0 radical (unpaired) electrons. The van der Waals surface area contributed by atoms with Crippen LogP contribution in [0.2, 0.25) is 0 Å². The molecule has 0 bridgehead atoms. The van der Waals surface area contributed by atoms with Crippen molar-refractivity contribution in [2.45, 2.75) is 52.1 Å². The average Bonchev–Trinajstić information content (AvgIpc) is 3.43. The summed E-state index contributed by atoms with van der Waals surface area (Å²) in [4.78, 5) is 10.4. The quantitative estimate of drug-likeness (QED) is 0.361. The maximum Gasteiger partial charge on any atom is 0.158 e. The highest BCUT2D eigenvalue weighted by molar-refractivity contribution is 6.10. The molecule has 4 heterocycles. The van der Waals surface area contributed by atoms with Crippen molar-refractivity contribution in [1.82, 2.24) is 24.5 Å². The highest BCUT2D eigenvalue weighted by Gasteiger charge is 2.25. The van der Waals surface area contributed by atoms with Crippen LogP contribution < -0.4 is 0 Å². The molecule has 0 unspecified atom stereocenters. The summed E-state index contributed by atoms with van der Waals surface area (Å²) in [7, 11) is 0. The van der Waals surface area contributed by atoms with Gasteiger partial charge in [0.1, 0.15) is 6.33 Å². The number of aliphatic hydroxyl groups is 1. The zero-order chi connectivity index (χ0) is 24.3. The second-order valence-electron chi connectivity index (χ2n) is 10.9. The maximum absolute atomic E-state index is 10.2. The van der Waals surface area contributed by atoms with Crippen molar-refractivity contribution in [3.05, 3.63) is 65.6 Å². The summed E-state index contributed by atoms with van der Waals surface area (Å²) < 4.78 is 1.86. The van der Waals surface area contributed by atoms with Gasteiger partial charge in [0.15, 0.2) is 5.65 Å². The Morgan fingerprint density at radius 1 is 1.00 bits per heavy atom. The van der Waals surface area contributed by atoms with Crippen molar-refractivity contribution < 1.29 is 5.11 Å². The Hall–Kier alpha value is -3.22. The minimum Gasteiger partial charge on any atom is -0.389 e. The first-order chi connectivity index (χ1) is 16.7. The van der Waals surface area contributed by atoms with Crippen LogP contribution in [0.3, 0.4) is 0 Å². The van der Waals surface area contributed by atoms with Gasteiger partial charge in [-0.25, -0.2) is 9.50 Å². The minimum atomic E-state index is -0.633. The lowest BCUT2D eigenvalue weighted by Gasteiger charge is -2.35. The van der Waals surface area contributed by atoms with Gasteiger partial charge in [-0.1, -0.05) is 12.1 Å². The van der Waals surface area contributed by atoms with Crippen LogP contribution in [-0.4, -0.2) is 54.8 Å². The lowest BCUT2D eigenvalue weighted by Crippen LogP contribution is -2.42. The Balaban J connectivity index is 1.34. The van der Waals surface area contributed by atoms with Gasteiger partial charge in [-0.3, -0.25) is 0 Å². The third-order valence-electron chi connectivity index (χ3n) is 7.48. The standard InChI is InChI=1S/C29H33N5O/c1-18-11-22(23-12-19(2)28-30-17-31-34(28)15-23)14-26-27(18)24-13-21(5-6-25(24)32-26)20-7-9-33(10-8-20)16-29(3,4)35/h5-6,11-15,17,20,32,35H,7-10,16H2,1-4H3. The molecule has 1 fully saturated rings. The van der Waals surface area contributed by atoms with Gasteiger partial charge in [-0.05, 0) is 106 Å². The molecule has 3 aromatic heterocycles. The molecule has 2 N–H and O–H groups in total. The summed E-state index contributed by atoms with van der Waals surface area (Å²) in [6.45, 7) is 10.9. The second kappa shape index (κ2) is 8.18. The average molecular weight is 468 g/mol. The monoisotopic (exact) mass is 467 g/mol. The van der Waals surface area contributed by atoms with E-state index >= 15 is 0 Å². The lowest BCUT2D eigenvalue weighted by atomic mass is 9.88. The highest BCUT2D eigenvalue weighted by Crippen LogP contribution is 2.36. The van der Waals surface area contributed by atoms with Gasteiger partial charge in [0.25, 0.3) is 0 Å². The number of H-pyrrole nitrogens is 1. The number of benzene rings is 2. The predicted octanol–water partition coefficient (Wildman–Crippen LogP) is 5.60. The van der Waals surface area contributed by atoms with Gasteiger partial charge in [-0.15, -0.1) is 0 Å². The SMILES string of the molecule is Cc1cc(-c2cc(C)c3ncnn3c2)cc2[nH]c3ccc(C4CCN(CC(C)(C)O)CC4)cc3c12. The summed E-state index contributed by atoms with van der Waals surface area (Å²) in [6, 6.07) is 13.7. The molecule has 6 rings (SSSR count). The van der Waals surface area contributed by atoms with Crippen molar-refractivity contribution in [3.63, 3.8) is 0 Å². The van der Waals surface area contributed by atoms with Gasteiger partial charge in [0.2, 0.25) is 0 Å². The van der Waals surface area contributed by atoms with Gasteiger partial charge < -0.3 is 15.0 Å². The summed E-state index contributed by atoms with van der Waals surface area (Å²) in [6.07, 6.45) is 5.93. The molecule has 1 saturated heterocycles. The van der Waals surface area contributed by atoms with Crippen molar-refractivity contribution in [1.29, 1.82) is 0 Å². The topological polar surface area (TPSA) is 69.5 Å². The van der Waals surface area contributed by atoms with E-state index in [2.05, 4.69) is 76.4 Å². The Morgan fingerprint density at radius 2 is 1.77 bits per heavy atom. The molecule has 0 aliphatic carbocycles. The molecule has 6 nitrogen and oxygen atoms in total.